The molecule has 0 amide bonds. The predicted octanol–water partition coefficient (Wildman–Crippen LogP) is 4.21. The normalized spacial score (nSPS) is 10.0. The molecule has 24 heavy (non-hydrogen) atoms. The van der Waals surface area contributed by atoms with Crippen molar-refractivity contribution in [3.05, 3.63) is 78.1 Å². The highest BCUT2D eigenvalue weighted by Crippen LogP contribution is 2.35. The Morgan fingerprint density at radius 1 is 1.04 bits per heavy atom. The molecule has 0 aliphatic carbocycles. The summed E-state index contributed by atoms with van der Waals surface area (Å²) in [6.45, 7) is 0.426. The lowest BCUT2D eigenvalue weighted by Gasteiger charge is -2.14. The van der Waals surface area contributed by atoms with E-state index >= 15 is 0 Å². The van der Waals surface area contributed by atoms with Gasteiger partial charge in [-0.25, -0.2) is 0 Å². The van der Waals surface area contributed by atoms with E-state index in [0.717, 1.165) is 16.7 Å². The van der Waals surface area contributed by atoms with Gasteiger partial charge in [0.1, 0.15) is 6.61 Å². The molecule has 0 radical (unpaired) electrons. The number of benzene rings is 2. The summed E-state index contributed by atoms with van der Waals surface area (Å²) in [5.41, 5.74) is 3.22. The number of aromatic nitrogens is 1. The molecule has 0 aliphatic heterocycles. The summed E-state index contributed by atoms with van der Waals surface area (Å²) in [6.07, 6.45) is 3.43. The number of nitriles is 1. The summed E-state index contributed by atoms with van der Waals surface area (Å²) in [5, 5.41) is 9.43. The van der Waals surface area contributed by atoms with E-state index < -0.39 is 0 Å². The second-order valence-corrected chi connectivity index (χ2v) is 5.18. The van der Waals surface area contributed by atoms with Crippen molar-refractivity contribution in [2.24, 2.45) is 0 Å². The second kappa shape index (κ2) is 7.30. The number of methoxy groups -OCH3 is 1. The highest BCUT2D eigenvalue weighted by atomic mass is 16.5. The maximum absolute atomic E-state index is 9.43. The van der Waals surface area contributed by atoms with Gasteiger partial charge in [-0.1, -0.05) is 36.4 Å². The van der Waals surface area contributed by atoms with Gasteiger partial charge in [0.05, 0.1) is 18.7 Å². The molecule has 0 unspecified atom stereocenters. The van der Waals surface area contributed by atoms with Gasteiger partial charge in [-0.3, -0.25) is 4.98 Å². The third-order valence-corrected chi connectivity index (χ3v) is 3.63. The van der Waals surface area contributed by atoms with Crippen LogP contribution in [0.1, 0.15) is 11.1 Å². The van der Waals surface area contributed by atoms with Gasteiger partial charge in [0, 0.05) is 29.6 Å². The third-order valence-electron chi connectivity index (χ3n) is 3.63. The van der Waals surface area contributed by atoms with Gasteiger partial charge in [-0.2, -0.15) is 5.26 Å². The molecule has 0 saturated heterocycles. The van der Waals surface area contributed by atoms with E-state index in [1.54, 1.807) is 25.6 Å². The molecule has 0 atom stereocenters. The van der Waals surface area contributed by atoms with Gasteiger partial charge in [0.2, 0.25) is 0 Å². The minimum Gasteiger partial charge on any atom is -0.493 e. The fourth-order valence-corrected chi connectivity index (χ4v) is 2.42. The average molecular weight is 316 g/mol. The zero-order valence-electron chi connectivity index (χ0n) is 13.3. The van der Waals surface area contributed by atoms with Gasteiger partial charge in [-0.05, 0) is 17.7 Å². The minimum atomic E-state index is 0.426. The Morgan fingerprint density at radius 2 is 1.88 bits per heavy atom. The molecular formula is C20H16N2O2. The summed E-state index contributed by atoms with van der Waals surface area (Å²) in [5.74, 6) is 1.13. The summed E-state index contributed by atoms with van der Waals surface area (Å²) in [7, 11) is 1.57. The predicted molar refractivity (Wildman–Crippen MR) is 91.7 cm³/mol. The molecule has 118 valence electrons. The number of nitrogens with zero attached hydrogens (tertiary/aromatic N) is 2. The van der Waals surface area contributed by atoms with Gasteiger partial charge < -0.3 is 9.47 Å². The largest absolute Gasteiger partial charge is 0.493 e. The molecular weight excluding hydrogens is 300 g/mol. The van der Waals surface area contributed by atoms with Crippen LogP contribution in [0.2, 0.25) is 0 Å². The standard InChI is InChI=1S/C20H16N2O2/c1-23-19-10-17(12-21)18(16-8-5-9-22-13-16)11-20(19)24-14-15-6-3-2-4-7-15/h2-11,13H,14H2,1H3. The van der Waals surface area contributed by atoms with Crippen LogP contribution in [0.15, 0.2) is 67.0 Å². The Balaban J connectivity index is 1.97. The van der Waals surface area contributed by atoms with E-state index in [4.69, 9.17) is 9.47 Å². The minimum absolute atomic E-state index is 0.426. The molecule has 2 aromatic carbocycles. The second-order valence-electron chi connectivity index (χ2n) is 5.18. The van der Waals surface area contributed by atoms with Crippen LogP contribution in [0.3, 0.4) is 0 Å². The van der Waals surface area contributed by atoms with Gasteiger partial charge in [-0.15, -0.1) is 0 Å². The molecule has 0 N–H and O–H groups in total. The average Bonchev–Trinajstić information content (AvgIpc) is 2.67. The molecule has 3 rings (SSSR count). The number of hydrogen-bond donors (Lipinski definition) is 0. The lowest BCUT2D eigenvalue weighted by atomic mass is 10.0. The SMILES string of the molecule is COc1cc(C#N)c(-c2cccnc2)cc1OCc1ccccc1. The van der Waals surface area contributed by atoms with Crippen LogP contribution in [0.4, 0.5) is 0 Å². The van der Waals surface area contributed by atoms with Crippen molar-refractivity contribution in [1.29, 1.82) is 5.26 Å². The lowest BCUT2D eigenvalue weighted by molar-refractivity contribution is 0.284. The molecule has 0 saturated carbocycles. The Bertz CT molecular complexity index is 856. The molecule has 4 heteroatoms. The first-order valence-corrected chi connectivity index (χ1v) is 7.51. The Kier molecular flexibility index (Phi) is 4.73. The van der Waals surface area contributed by atoms with Crippen LogP contribution in [-0.4, -0.2) is 12.1 Å². The molecule has 0 spiro atoms. The fraction of sp³-hybridized carbons (Fsp3) is 0.100. The van der Waals surface area contributed by atoms with Crippen LogP contribution < -0.4 is 9.47 Å². The van der Waals surface area contributed by atoms with Crippen molar-refractivity contribution in [1.82, 2.24) is 4.98 Å². The highest BCUT2D eigenvalue weighted by Gasteiger charge is 2.13. The van der Waals surface area contributed by atoms with Crippen molar-refractivity contribution in [2.45, 2.75) is 6.61 Å². The molecule has 3 aromatic rings. The van der Waals surface area contributed by atoms with Gasteiger partial charge in [0.15, 0.2) is 11.5 Å². The van der Waals surface area contributed by atoms with E-state index in [1.165, 1.54) is 0 Å². The Morgan fingerprint density at radius 3 is 2.54 bits per heavy atom. The van der Waals surface area contributed by atoms with Gasteiger partial charge >= 0.3 is 0 Å². The highest BCUT2D eigenvalue weighted by molar-refractivity contribution is 5.73. The Labute approximate surface area is 140 Å². The van der Waals surface area contributed by atoms with Crippen molar-refractivity contribution in [3.63, 3.8) is 0 Å². The summed E-state index contributed by atoms with van der Waals surface area (Å²) >= 11 is 0. The monoisotopic (exact) mass is 316 g/mol. The number of ether oxygens (including phenoxy) is 2. The first-order valence-electron chi connectivity index (χ1n) is 7.51. The maximum atomic E-state index is 9.43. The maximum Gasteiger partial charge on any atom is 0.162 e. The van der Waals surface area contributed by atoms with Crippen LogP contribution in [-0.2, 0) is 6.61 Å². The fourth-order valence-electron chi connectivity index (χ4n) is 2.42. The molecule has 4 nitrogen and oxygen atoms in total. The summed E-state index contributed by atoms with van der Waals surface area (Å²) in [6, 6.07) is 19.4. The van der Waals surface area contributed by atoms with Crippen LogP contribution in [0.5, 0.6) is 11.5 Å². The quantitative estimate of drug-likeness (QED) is 0.707. The first-order chi connectivity index (χ1) is 11.8. The number of rotatable bonds is 5. The van der Waals surface area contributed by atoms with E-state index in [-0.39, 0.29) is 0 Å². The van der Waals surface area contributed by atoms with Crippen LogP contribution in [0, 0.1) is 11.3 Å². The van der Waals surface area contributed by atoms with Crippen LogP contribution in [0.25, 0.3) is 11.1 Å². The molecule has 1 aromatic heterocycles. The lowest BCUT2D eigenvalue weighted by Crippen LogP contribution is -1.99. The number of hydrogen-bond acceptors (Lipinski definition) is 4. The van der Waals surface area contributed by atoms with Gasteiger partial charge in [0.25, 0.3) is 0 Å². The van der Waals surface area contributed by atoms with Crippen molar-refractivity contribution in [2.75, 3.05) is 7.11 Å². The zero-order chi connectivity index (χ0) is 16.8. The summed E-state index contributed by atoms with van der Waals surface area (Å²) < 4.78 is 11.3. The first kappa shape index (κ1) is 15.6. The van der Waals surface area contributed by atoms with Crippen molar-refractivity contribution >= 4 is 0 Å². The van der Waals surface area contributed by atoms with E-state index in [2.05, 4.69) is 11.1 Å². The van der Waals surface area contributed by atoms with E-state index in [0.29, 0.717) is 23.7 Å². The molecule has 0 fully saturated rings. The topological polar surface area (TPSA) is 55.1 Å². The van der Waals surface area contributed by atoms with Crippen molar-refractivity contribution in [3.8, 4) is 28.7 Å². The smallest absolute Gasteiger partial charge is 0.162 e. The van der Waals surface area contributed by atoms with Crippen LogP contribution >= 0.6 is 0 Å². The zero-order valence-corrected chi connectivity index (χ0v) is 13.3. The number of pyridine rings is 1. The molecule has 0 aliphatic rings. The molecule has 0 bridgehead atoms. The Hall–Kier alpha value is -3.32. The van der Waals surface area contributed by atoms with E-state index in [9.17, 15) is 5.26 Å². The van der Waals surface area contributed by atoms with E-state index in [1.807, 2.05) is 48.5 Å². The van der Waals surface area contributed by atoms with Crippen molar-refractivity contribution < 1.29 is 9.47 Å². The third kappa shape index (κ3) is 3.36. The summed E-state index contributed by atoms with van der Waals surface area (Å²) in [4.78, 5) is 4.12. The molecule has 1 heterocycles.